The van der Waals surface area contributed by atoms with E-state index in [0.29, 0.717) is 12.8 Å². The topological polar surface area (TPSA) is 78.9 Å². The van der Waals surface area contributed by atoms with Gasteiger partial charge in [0.05, 0.1) is 6.42 Å². The van der Waals surface area contributed by atoms with Crippen molar-refractivity contribution >= 4 is 17.9 Å². The van der Waals surface area contributed by atoms with Crippen molar-refractivity contribution in [2.45, 2.75) is 258 Å². The molecule has 77 heavy (non-hydrogen) atoms. The normalized spacial score (nSPS) is 13.2. The standard InChI is InChI=1S/C71H112O6/c1-4-7-10-13-16-19-22-25-28-30-31-32-33-34-35-36-37-38-39-41-43-46-49-52-55-58-61-64-70(73)76-67-68(66-75-69(72)63-60-57-54-51-48-45-42-27-24-21-18-15-12-9-6-3)77-71(74)65-62-59-56-53-50-47-44-40-29-26-23-20-17-14-11-8-5-2/h7,9-10,12,16,18-19,21,25,27-28,31-32,34-35,37-38,41-43,48-49,51-52,57,60,68H,4-6,8,11,13-15,17,20,22-24,26,29-30,33,36,39-40,44-47,50,53-56,58-59,61-67H2,1-3H3/b10-7-,12-9-,19-16-,21-18-,28-25-,32-31-,35-34-,38-37-,42-27-,43-41-,51-48-,52-49-,60-57-. The number of hydrogen-bond acceptors (Lipinski definition) is 6. The van der Waals surface area contributed by atoms with Gasteiger partial charge in [-0.25, -0.2) is 0 Å². The van der Waals surface area contributed by atoms with E-state index in [2.05, 4.69) is 167 Å². The summed E-state index contributed by atoms with van der Waals surface area (Å²) in [6.45, 7) is 6.29. The van der Waals surface area contributed by atoms with Crippen molar-refractivity contribution in [2.75, 3.05) is 13.2 Å². The number of carbonyl (C=O) groups is 3. The molecule has 0 heterocycles. The fourth-order valence-electron chi connectivity index (χ4n) is 8.00. The first-order valence-corrected chi connectivity index (χ1v) is 31.0. The van der Waals surface area contributed by atoms with E-state index in [0.717, 1.165) is 116 Å². The largest absolute Gasteiger partial charge is 0.462 e. The maximum atomic E-state index is 12.9. The van der Waals surface area contributed by atoms with E-state index in [4.69, 9.17) is 14.2 Å². The molecule has 0 saturated heterocycles. The molecule has 6 nitrogen and oxygen atoms in total. The van der Waals surface area contributed by atoms with Crippen LogP contribution in [0.4, 0.5) is 0 Å². The first kappa shape index (κ1) is 72.0. The molecule has 0 amide bonds. The maximum absolute atomic E-state index is 12.9. The predicted octanol–water partition coefficient (Wildman–Crippen LogP) is 21.3. The van der Waals surface area contributed by atoms with Gasteiger partial charge in [-0.3, -0.25) is 14.4 Å². The number of unbranched alkanes of at least 4 members (excludes halogenated alkanes) is 18. The summed E-state index contributed by atoms with van der Waals surface area (Å²) in [5.74, 6) is -1.11. The van der Waals surface area contributed by atoms with Gasteiger partial charge in [0.2, 0.25) is 0 Å². The Morgan fingerprint density at radius 1 is 0.286 bits per heavy atom. The molecule has 0 rings (SSSR count). The van der Waals surface area contributed by atoms with Gasteiger partial charge in [0.15, 0.2) is 6.10 Å². The average Bonchev–Trinajstić information content (AvgIpc) is 3.43. The second-order valence-corrected chi connectivity index (χ2v) is 19.9. The predicted molar refractivity (Wildman–Crippen MR) is 334 cm³/mol. The van der Waals surface area contributed by atoms with Crippen molar-refractivity contribution < 1.29 is 28.6 Å². The molecule has 0 fully saturated rings. The zero-order chi connectivity index (χ0) is 55.7. The van der Waals surface area contributed by atoms with Crippen LogP contribution in [0, 0.1) is 0 Å². The Morgan fingerprint density at radius 3 is 0.909 bits per heavy atom. The summed E-state index contributed by atoms with van der Waals surface area (Å²) in [5.41, 5.74) is 0. The van der Waals surface area contributed by atoms with Gasteiger partial charge in [-0.1, -0.05) is 281 Å². The first-order chi connectivity index (χ1) is 38.0. The van der Waals surface area contributed by atoms with Gasteiger partial charge in [-0.2, -0.15) is 0 Å². The van der Waals surface area contributed by atoms with Gasteiger partial charge < -0.3 is 14.2 Å². The SMILES string of the molecule is CC/C=C\C/C=C\C/C=C\C/C=C\C/C=C\C/C=C\C/C=C\C/C=C\CCCCC(=O)OCC(COC(=O)C/C=C\C/C=C\C/C=C\C/C=C\C/C=C\CC)OC(=O)CCCCCCCCCCCCCCCCCCC. The van der Waals surface area contributed by atoms with Gasteiger partial charge >= 0.3 is 17.9 Å². The third kappa shape index (κ3) is 61.8. The summed E-state index contributed by atoms with van der Waals surface area (Å²) < 4.78 is 16.8. The molecule has 0 aliphatic carbocycles. The van der Waals surface area contributed by atoms with E-state index in [9.17, 15) is 14.4 Å². The molecule has 0 bridgehead atoms. The summed E-state index contributed by atoms with van der Waals surface area (Å²) in [5, 5.41) is 0. The summed E-state index contributed by atoms with van der Waals surface area (Å²) in [6.07, 6.45) is 92.7. The zero-order valence-electron chi connectivity index (χ0n) is 49.4. The monoisotopic (exact) mass is 1060 g/mol. The maximum Gasteiger partial charge on any atom is 0.309 e. The molecule has 6 heteroatoms. The van der Waals surface area contributed by atoms with Crippen LogP contribution in [0.25, 0.3) is 0 Å². The molecule has 1 unspecified atom stereocenters. The highest BCUT2D eigenvalue weighted by Gasteiger charge is 2.19. The van der Waals surface area contributed by atoms with Crippen LogP contribution in [0.2, 0.25) is 0 Å². The van der Waals surface area contributed by atoms with Crippen LogP contribution in [0.15, 0.2) is 158 Å². The molecular formula is C71H112O6. The summed E-state index contributed by atoms with van der Waals surface area (Å²) in [4.78, 5) is 38.2. The minimum atomic E-state index is -0.843. The molecule has 0 spiro atoms. The van der Waals surface area contributed by atoms with Crippen molar-refractivity contribution in [3.8, 4) is 0 Å². The molecular weight excluding hydrogens is 949 g/mol. The lowest BCUT2D eigenvalue weighted by molar-refractivity contribution is -0.166. The van der Waals surface area contributed by atoms with Crippen molar-refractivity contribution in [3.63, 3.8) is 0 Å². The van der Waals surface area contributed by atoms with E-state index in [1.807, 2.05) is 6.08 Å². The Hall–Kier alpha value is -4.97. The van der Waals surface area contributed by atoms with Crippen LogP contribution >= 0.6 is 0 Å². The van der Waals surface area contributed by atoms with Gasteiger partial charge in [0.25, 0.3) is 0 Å². The van der Waals surface area contributed by atoms with Crippen molar-refractivity contribution in [2.24, 2.45) is 0 Å². The third-order valence-electron chi connectivity index (χ3n) is 12.6. The lowest BCUT2D eigenvalue weighted by atomic mass is 10.0. The highest BCUT2D eigenvalue weighted by molar-refractivity contribution is 5.72. The van der Waals surface area contributed by atoms with Crippen molar-refractivity contribution in [3.05, 3.63) is 158 Å². The van der Waals surface area contributed by atoms with E-state index in [1.165, 1.54) is 89.9 Å². The van der Waals surface area contributed by atoms with E-state index in [-0.39, 0.29) is 38.0 Å². The van der Waals surface area contributed by atoms with Crippen molar-refractivity contribution in [1.29, 1.82) is 0 Å². The lowest BCUT2D eigenvalue weighted by Gasteiger charge is -2.18. The van der Waals surface area contributed by atoms with Gasteiger partial charge in [0.1, 0.15) is 13.2 Å². The Kier molecular flexibility index (Phi) is 59.5. The van der Waals surface area contributed by atoms with E-state index in [1.54, 1.807) is 6.08 Å². The van der Waals surface area contributed by atoms with Crippen LogP contribution in [0.1, 0.15) is 252 Å². The van der Waals surface area contributed by atoms with E-state index >= 15 is 0 Å². The number of esters is 3. The molecule has 0 aromatic rings. The molecule has 0 radical (unpaired) electrons. The highest BCUT2D eigenvalue weighted by atomic mass is 16.6. The fourth-order valence-corrected chi connectivity index (χ4v) is 8.00. The Labute approximate surface area is 473 Å². The molecule has 0 aliphatic heterocycles. The first-order valence-electron chi connectivity index (χ1n) is 31.0. The van der Waals surface area contributed by atoms with Crippen LogP contribution in [0.3, 0.4) is 0 Å². The second kappa shape index (κ2) is 63.6. The highest BCUT2D eigenvalue weighted by Crippen LogP contribution is 2.15. The van der Waals surface area contributed by atoms with Gasteiger partial charge in [-0.15, -0.1) is 0 Å². The molecule has 432 valence electrons. The quantitative estimate of drug-likeness (QED) is 0.0261. The Morgan fingerprint density at radius 2 is 0.558 bits per heavy atom. The second-order valence-electron chi connectivity index (χ2n) is 19.9. The van der Waals surface area contributed by atoms with Gasteiger partial charge in [0, 0.05) is 12.8 Å². The lowest BCUT2D eigenvalue weighted by Crippen LogP contribution is -2.30. The fraction of sp³-hybridized carbons (Fsp3) is 0.592. The Bertz CT molecular complexity index is 1740. The molecule has 1 atom stereocenters. The van der Waals surface area contributed by atoms with Crippen LogP contribution < -0.4 is 0 Å². The summed E-state index contributed by atoms with van der Waals surface area (Å²) in [6, 6.07) is 0. The van der Waals surface area contributed by atoms with Crippen LogP contribution in [-0.4, -0.2) is 37.2 Å². The number of rotatable bonds is 54. The summed E-state index contributed by atoms with van der Waals surface area (Å²) in [7, 11) is 0. The molecule has 0 aromatic carbocycles. The average molecular weight is 1060 g/mol. The number of carbonyl (C=O) groups excluding carboxylic acids is 3. The summed E-state index contributed by atoms with van der Waals surface area (Å²) >= 11 is 0. The number of hydrogen-bond donors (Lipinski definition) is 0. The third-order valence-corrected chi connectivity index (χ3v) is 12.6. The number of ether oxygens (including phenoxy) is 3. The molecule has 0 N–H and O–H groups in total. The Balaban J connectivity index is 4.53. The van der Waals surface area contributed by atoms with E-state index < -0.39 is 12.1 Å². The van der Waals surface area contributed by atoms with Crippen LogP contribution in [0.5, 0.6) is 0 Å². The minimum Gasteiger partial charge on any atom is -0.462 e. The number of allylic oxidation sites excluding steroid dienone is 25. The smallest absolute Gasteiger partial charge is 0.309 e. The molecule has 0 saturated carbocycles. The minimum absolute atomic E-state index is 0.113. The molecule has 0 aliphatic rings. The zero-order valence-corrected chi connectivity index (χ0v) is 49.4. The van der Waals surface area contributed by atoms with Crippen molar-refractivity contribution in [1.82, 2.24) is 0 Å². The van der Waals surface area contributed by atoms with Gasteiger partial charge in [-0.05, 0) is 109 Å². The molecule has 0 aromatic heterocycles. The van der Waals surface area contributed by atoms with Crippen LogP contribution in [-0.2, 0) is 28.6 Å².